The number of likely N-dealkylation sites (N-methyl/N-ethyl adjacent to an activating group) is 1. The first-order valence-electron chi connectivity index (χ1n) is 8.56. The second-order valence-electron chi connectivity index (χ2n) is 6.59. The Kier molecular flexibility index (Phi) is 4.33. The third kappa shape index (κ3) is 2.85. The predicted octanol–water partition coefficient (Wildman–Crippen LogP) is 4.59. The lowest BCUT2D eigenvalue weighted by atomic mass is 9.99. The topological polar surface area (TPSA) is 31.9 Å². The van der Waals surface area contributed by atoms with Crippen molar-refractivity contribution in [3.05, 3.63) is 48.2 Å². The van der Waals surface area contributed by atoms with Crippen molar-refractivity contribution in [3.8, 4) is 11.4 Å². The van der Waals surface area contributed by atoms with Crippen LogP contribution in [0.2, 0.25) is 0 Å². The normalized spacial score (nSPS) is 18.5. The van der Waals surface area contributed by atoms with E-state index in [1.54, 1.807) is 11.8 Å². The van der Waals surface area contributed by atoms with E-state index in [0.717, 1.165) is 12.1 Å². The van der Waals surface area contributed by atoms with Gasteiger partial charge in [0.05, 0.1) is 11.4 Å². The van der Waals surface area contributed by atoms with E-state index < -0.39 is 0 Å². The summed E-state index contributed by atoms with van der Waals surface area (Å²) in [6.07, 6.45) is 7.68. The number of rotatable bonds is 4. The van der Waals surface area contributed by atoms with Gasteiger partial charge in [0.1, 0.15) is 0 Å². The number of nitrogens with zero attached hydrogens (tertiary/aromatic N) is 2. The van der Waals surface area contributed by atoms with Crippen LogP contribution < -0.4 is 0 Å². The molecular formula is C20H23N3S. The molecule has 0 bridgehead atoms. The zero-order valence-corrected chi connectivity index (χ0v) is 15.1. The van der Waals surface area contributed by atoms with E-state index in [1.807, 2.05) is 12.3 Å². The van der Waals surface area contributed by atoms with Crippen molar-refractivity contribution in [1.29, 1.82) is 0 Å². The van der Waals surface area contributed by atoms with Crippen LogP contribution in [0.5, 0.6) is 0 Å². The number of hydrogen-bond donors (Lipinski definition) is 1. The van der Waals surface area contributed by atoms with Gasteiger partial charge in [0.2, 0.25) is 0 Å². The van der Waals surface area contributed by atoms with Crippen LogP contribution in [0.25, 0.3) is 22.3 Å². The number of aromatic amines is 1. The van der Waals surface area contributed by atoms with E-state index in [0.29, 0.717) is 6.04 Å². The van der Waals surface area contributed by atoms with Crippen LogP contribution in [0.1, 0.15) is 18.4 Å². The van der Waals surface area contributed by atoms with Gasteiger partial charge in [-0.3, -0.25) is 4.98 Å². The molecule has 1 aliphatic rings. The van der Waals surface area contributed by atoms with Crippen molar-refractivity contribution < 1.29 is 0 Å². The van der Waals surface area contributed by atoms with Crippen LogP contribution in [-0.2, 0) is 6.42 Å². The van der Waals surface area contributed by atoms with Gasteiger partial charge in [-0.25, -0.2) is 0 Å². The zero-order chi connectivity index (χ0) is 16.5. The van der Waals surface area contributed by atoms with Crippen LogP contribution >= 0.6 is 11.8 Å². The molecule has 1 N–H and O–H groups in total. The van der Waals surface area contributed by atoms with E-state index >= 15 is 0 Å². The maximum absolute atomic E-state index is 4.59. The molecule has 1 aliphatic heterocycles. The summed E-state index contributed by atoms with van der Waals surface area (Å²) in [5, 5.41) is 1.35. The average Bonchev–Trinajstić information content (AvgIpc) is 3.19. The molecule has 1 atom stereocenters. The summed E-state index contributed by atoms with van der Waals surface area (Å²) in [5.74, 6) is 0. The van der Waals surface area contributed by atoms with E-state index in [4.69, 9.17) is 0 Å². The fourth-order valence-corrected chi connectivity index (χ4v) is 4.21. The van der Waals surface area contributed by atoms with Crippen molar-refractivity contribution in [3.63, 3.8) is 0 Å². The van der Waals surface area contributed by atoms with E-state index in [1.165, 1.54) is 46.4 Å². The van der Waals surface area contributed by atoms with Gasteiger partial charge in [-0.2, -0.15) is 0 Å². The monoisotopic (exact) mass is 337 g/mol. The Hall–Kier alpha value is -1.78. The van der Waals surface area contributed by atoms with Crippen molar-refractivity contribution in [2.75, 3.05) is 19.8 Å². The molecule has 1 saturated heterocycles. The van der Waals surface area contributed by atoms with Gasteiger partial charge >= 0.3 is 0 Å². The van der Waals surface area contributed by atoms with E-state index in [9.17, 15) is 0 Å². The fraction of sp³-hybridized carbons (Fsp3) is 0.350. The number of benzene rings is 1. The van der Waals surface area contributed by atoms with Crippen LogP contribution in [0.15, 0.2) is 47.5 Å². The summed E-state index contributed by atoms with van der Waals surface area (Å²) in [7, 11) is 2.25. The third-order valence-electron chi connectivity index (χ3n) is 5.15. The summed E-state index contributed by atoms with van der Waals surface area (Å²) in [4.78, 5) is 12.0. The van der Waals surface area contributed by atoms with Crippen LogP contribution in [-0.4, -0.2) is 40.8 Å². The average molecular weight is 337 g/mol. The summed E-state index contributed by atoms with van der Waals surface area (Å²) in [6, 6.07) is 13.5. The number of pyridine rings is 1. The Bertz CT molecular complexity index is 841. The molecule has 3 heterocycles. The number of fused-ring (bicyclic) bond motifs is 1. The molecule has 0 spiro atoms. The van der Waals surface area contributed by atoms with Crippen molar-refractivity contribution in [2.24, 2.45) is 0 Å². The molecular weight excluding hydrogens is 314 g/mol. The molecule has 4 rings (SSSR count). The highest BCUT2D eigenvalue weighted by atomic mass is 32.2. The van der Waals surface area contributed by atoms with Gasteiger partial charge in [0.25, 0.3) is 0 Å². The first-order chi connectivity index (χ1) is 11.8. The highest BCUT2D eigenvalue weighted by Crippen LogP contribution is 2.34. The van der Waals surface area contributed by atoms with Gasteiger partial charge in [-0.05, 0) is 75.0 Å². The van der Waals surface area contributed by atoms with Gasteiger partial charge in [-0.1, -0.05) is 6.07 Å². The molecule has 1 aromatic carbocycles. The number of hydrogen-bond acceptors (Lipinski definition) is 3. The lowest BCUT2D eigenvalue weighted by molar-refractivity contribution is 0.310. The van der Waals surface area contributed by atoms with E-state index in [2.05, 4.69) is 58.5 Å². The molecule has 24 heavy (non-hydrogen) atoms. The number of thioether (sulfide) groups is 1. The molecule has 3 aromatic rings. The van der Waals surface area contributed by atoms with Crippen molar-refractivity contribution >= 4 is 22.7 Å². The molecule has 0 saturated carbocycles. The quantitative estimate of drug-likeness (QED) is 0.707. The molecule has 3 nitrogen and oxygen atoms in total. The molecule has 0 radical (unpaired) electrons. The van der Waals surface area contributed by atoms with Gasteiger partial charge < -0.3 is 9.88 Å². The van der Waals surface area contributed by atoms with Crippen molar-refractivity contribution in [1.82, 2.24) is 14.9 Å². The Morgan fingerprint density at radius 1 is 1.29 bits per heavy atom. The molecule has 124 valence electrons. The summed E-state index contributed by atoms with van der Waals surface area (Å²) in [5.41, 5.74) is 4.85. The molecule has 0 unspecified atom stereocenters. The highest BCUT2D eigenvalue weighted by molar-refractivity contribution is 7.98. The molecule has 2 aromatic heterocycles. The molecule has 0 aliphatic carbocycles. The van der Waals surface area contributed by atoms with Crippen molar-refractivity contribution in [2.45, 2.75) is 30.2 Å². The van der Waals surface area contributed by atoms with Crippen LogP contribution in [0.3, 0.4) is 0 Å². The lowest BCUT2D eigenvalue weighted by Gasteiger charge is -2.19. The second-order valence-corrected chi connectivity index (χ2v) is 7.47. The van der Waals surface area contributed by atoms with Gasteiger partial charge in [0, 0.05) is 28.0 Å². The molecule has 4 heteroatoms. The van der Waals surface area contributed by atoms with Gasteiger partial charge in [0.15, 0.2) is 0 Å². The SMILES string of the molecule is CSc1ccc2[nH]c(-c3ccccn3)c(C[C@H]3CCCN3C)c2c1. The Balaban J connectivity index is 1.85. The number of H-pyrrole nitrogens is 1. The minimum absolute atomic E-state index is 0.629. The first-order valence-corrected chi connectivity index (χ1v) is 9.79. The first kappa shape index (κ1) is 15.7. The third-order valence-corrected chi connectivity index (χ3v) is 5.87. The lowest BCUT2D eigenvalue weighted by Crippen LogP contribution is -2.26. The molecule has 0 amide bonds. The minimum atomic E-state index is 0.629. The maximum atomic E-state index is 4.59. The smallest absolute Gasteiger partial charge is 0.0867 e. The fourth-order valence-electron chi connectivity index (χ4n) is 3.77. The van der Waals surface area contributed by atoms with Gasteiger partial charge in [-0.15, -0.1) is 11.8 Å². The summed E-state index contributed by atoms with van der Waals surface area (Å²) in [6.45, 7) is 1.21. The number of nitrogens with one attached hydrogen (secondary N) is 1. The summed E-state index contributed by atoms with van der Waals surface area (Å²) >= 11 is 1.80. The second kappa shape index (κ2) is 6.61. The minimum Gasteiger partial charge on any atom is -0.353 e. The number of aromatic nitrogens is 2. The predicted molar refractivity (Wildman–Crippen MR) is 103 cm³/mol. The van der Waals surface area contributed by atoms with Crippen LogP contribution in [0.4, 0.5) is 0 Å². The highest BCUT2D eigenvalue weighted by Gasteiger charge is 2.24. The largest absolute Gasteiger partial charge is 0.353 e. The zero-order valence-electron chi connectivity index (χ0n) is 14.2. The van der Waals surface area contributed by atoms with Crippen LogP contribution in [0, 0.1) is 0 Å². The Morgan fingerprint density at radius 3 is 2.92 bits per heavy atom. The Labute approximate surface area is 147 Å². The maximum Gasteiger partial charge on any atom is 0.0867 e. The Morgan fingerprint density at radius 2 is 2.21 bits per heavy atom. The molecule has 1 fully saturated rings. The summed E-state index contributed by atoms with van der Waals surface area (Å²) < 4.78 is 0. The number of likely N-dealkylation sites (tertiary alicyclic amines) is 1. The standard InChI is InChI=1S/C20H23N3S/c1-23-11-5-6-14(23)12-17-16-13-15(24-2)8-9-18(16)22-20(17)19-7-3-4-10-21-19/h3-4,7-10,13-14,22H,5-6,11-12H2,1-2H3/t14-/m1/s1. The van der Waals surface area contributed by atoms with E-state index in [-0.39, 0.29) is 0 Å².